The first-order valence-corrected chi connectivity index (χ1v) is 14.5. The number of hydrogen-bond donors (Lipinski definition) is 0. The van der Waals surface area contributed by atoms with Gasteiger partial charge in [-0.1, -0.05) is 109 Å². The van der Waals surface area contributed by atoms with Crippen molar-refractivity contribution < 1.29 is 4.42 Å². The van der Waals surface area contributed by atoms with Gasteiger partial charge in [-0.15, -0.1) is 0 Å². The summed E-state index contributed by atoms with van der Waals surface area (Å²) >= 11 is 0. The summed E-state index contributed by atoms with van der Waals surface area (Å²) in [6.45, 7) is 0. The summed E-state index contributed by atoms with van der Waals surface area (Å²) in [6.07, 6.45) is 0. The minimum Gasteiger partial charge on any atom is -0.456 e. The van der Waals surface area contributed by atoms with E-state index in [0.717, 1.165) is 16.6 Å². The average Bonchev–Trinajstić information content (AvgIpc) is 3.70. The number of furan rings is 1. The molecule has 1 aliphatic carbocycles. The zero-order chi connectivity index (χ0) is 27.4. The minimum atomic E-state index is 0.922. The van der Waals surface area contributed by atoms with Gasteiger partial charge in [0.1, 0.15) is 11.2 Å². The zero-order valence-corrected chi connectivity index (χ0v) is 22.6. The molecule has 2 nitrogen and oxygen atoms in total. The first-order valence-electron chi connectivity index (χ1n) is 14.5. The molecule has 0 bridgehead atoms. The second kappa shape index (κ2) is 7.99. The average molecular weight is 534 g/mol. The maximum Gasteiger partial charge on any atom is 0.136 e. The SMILES string of the molecule is c1ccc2c(c1)-c1cccc3c(-c4ccccc4-n4c5ccccc5c5c6c(ccc54)oc4ccccc46)ccc-2c13. The van der Waals surface area contributed by atoms with Crippen molar-refractivity contribution in [3.8, 4) is 39.1 Å². The molecule has 0 atom stereocenters. The molecule has 9 aromatic rings. The maximum atomic E-state index is 6.31. The number of benzene rings is 7. The van der Waals surface area contributed by atoms with Gasteiger partial charge in [-0.2, -0.15) is 0 Å². The Bertz CT molecular complexity index is 2550. The highest BCUT2D eigenvalue weighted by molar-refractivity contribution is 6.27. The largest absolute Gasteiger partial charge is 0.456 e. The highest BCUT2D eigenvalue weighted by atomic mass is 16.3. The van der Waals surface area contributed by atoms with E-state index in [0.29, 0.717) is 0 Å². The fourth-order valence-corrected chi connectivity index (χ4v) is 7.47. The van der Waals surface area contributed by atoms with E-state index in [4.69, 9.17) is 4.42 Å². The van der Waals surface area contributed by atoms with Gasteiger partial charge < -0.3 is 8.98 Å². The van der Waals surface area contributed by atoms with E-state index in [-0.39, 0.29) is 0 Å². The van der Waals surface area contributed by atoms with Crippen LogP contribution in [0.2, 0.25) is 0 Å². The summed E-state index contributed by atoms with van der Waals surface area (Å²) < 4.78 is 8.76. The third-order valence-electron chi connectivity index (χ3n) is 9.16. The van der Waals surface area contributed by atoms with Crippen LogP contribution in [0.3, 0.4) is 0 Å². The molecule has 1 aliphatic rings. The van der Waals surface area contributed by atoms with Gasteiger partial charge in [0.25, 0.3) is 0 Å². The Kier molecular flexibility index (Phi) is 4.21. The standard InChI is InChI=1S/C40H23NO/c1-2-11-25-24(10-1)28-15-9-16-29-26(20-21-30(25)38(28)29)27-12-3-6-17-33(27)41-34-18-7-4-13-31(34)39-35(41)22-23-37-40(39)32-14-5-8-19-36(32)42-37/h1-23H. The molecule has 7 aromatic carbocycles. The van der Waals surface area contributed by atoms with Gasteiger partial charge in [0.2, 0.25) is 0 Å². The molecule has 0 fully saturated rings. The van der Waals surface area contributed by atoms with Gasteiger partial charge >= 0.3 is 0 Å². The monoisotopic (exact) mass is 533 g/mol. The van der Waals surface area contributed by atoms with Crippen molar-refractivity contribution in [2.45, 2.75) is 0 Å². The number of rotatable bonds is 2. The van der Waals surface area contributed by atoms with Crippen LogP contribution in [0, 0.1) is 0 Å². The molecule has 0 saturated heterocycles. The van der Waals surface area contributed by atoms with Crippen molar-refractivity contribution in [3.63, 3.8) is 0 Å². The molecule has 0 N–H and O–H groups in total. The van der Waals surface area contributed by atoms with E-state index in [1.54, 1.807) is 0 Å². The number of hydrogen-bond acceptors (Lipinski definition) is 1. The Labute approximate surface area is 241 Å². The zero-order valence-electron chi connectivity index (χ0n) is 22.6. The smallest absolute Gasteiger partial charge is 0.136 e. The molecule has 2 aromatic heterocycles. The lowest BCUT2D eigenvalue weighted by atomic mass is 9.93. The first-order chi connectivity index (χ1) is 20.9. The van der Waals surface area contributed by atoms with Crippen molar-refractivity contribution in [3.05, 3.63) is 140 Å². The van der Waals surface area contributed by atoms with Crippen molar-refractivity contribution in [1.82, 2.24) is 4.57 Å². The maximum absolute atomic E-state index is 6.31. The molecule has 194 valence electrons. The molecular weight excluding hydrogens is 510 g/mol. The molecular formula is C40H23NO. The Hall–Kier alpha value is -5.60. The van der Waals surface area contributed by atoms with Crippen LogP contribution in [0.4, 0.5) is 0 Å². The summed E-state index contributed by atoms with van der Waals surface area (Å²) in [6, 6.07) is 50.5. The van der Waals surface area contributed by atoms with E-state index in [2.05, 4.69) is 138 Å². The second-order valence-electron chi connectivity index (χ2n) is 11.2. The summed E-state index contributed by atoms with van der Waals surface area (Å²) in [5.74, 6) is 0. The topological polar surface area (TPSA) is 18.1 Å². The van der Waals surface area contributed by atoms with Crippen LogP contribution in [-0.2, 0) is 0 Å². The van der Waals surface area contributed by atoms with Crippen LogP contribution in [0.5, 0.6) is 0 Å². The Morgan fingerprint density at radius 3 is 1.86 bits per heavy atom. The molecule has 42 heavy (non-hydrogen) atoms. The van der Waals surface area contributed by atoms with E-state index < -0.39 is 0 Å². The molecule has 2 heteroatoms. The quantitative estimate of drug-likeness (QED) is 0.216. The fraction of sp³-hybridized carbons (Fsp3) is 0. The van der Waals surface area contributed by atoms with Crippen LogP contribution in [0.25, 0.3) is 93.6 Å². The number of nitrogens with zero attached hydrogens (tertiary/aromatic N) is 1. The molecule has 0 radical (unpaired) electrons. The number of para-hydroxylation sites is 3. The second-order valence-corrected chi connectivity index (χ2v) is 11.2. The Morgan fingerprint density at radius 1 is 0.333 bits per heavy atom. The Balaban J connectivity index is 1.32. The van der Waals surface area contributed by atoms with Crippen molar-refractivity contribution in [2.24, 2.45) is 0 Å². The first kappa shape index (κ1) is 22.1. The third kappa shape index (κ3) is 2.74. The molecule has 10 rings (SSSR count). The van der Waals surface area contributed by atoms with E-state index >= 15 is 0 Å². The van der Waals surface area contributed by atoms with Crippen molar-refractivity contribution >= 4 is 54.5 Å². The summed E-state index contributed by atoms with van der Waals surface area (Å²) in [4.78, 5) is 0. The third-order valence-corrected chi connectivity index (χ3v) is 9.16. The number of fused-ring (bicyclic) bond motifs is 10. The molecule has 0 aliphatic heterocycles. The van der Waals surface area contributed by atoms with Gasteiger partial charge in [-0.05, 0) is 68.9 Å². The van der Waals surface area contributed by atoms with Crippen molar-refractivity contribution in [2.75, 3.05) is 0 Å². The highest BCUT2D eigenvalue weighted by Gasteiger charge is 2.24. The lowest BCUT2D eigenvalue weighted by molar-refractivity contribution is 0.669. The lowest BCUT2D eigenvalue weighted by Crippen LogP contribution is -1.97. The van der Waals surface area contributed by atoms with Gasteiger partial charge in [-0.3, -0.25) is 0 Å². The molecule has 0 spiro atoms. The van der Waals surface area contributed by atoms with E-state index in [1.807, 2.05) is 6.07 Å². The molecule has 0 unspecified atom stereocenters. The van der Waals surface area contributed by atoms with Crippen LogP contribution >= 0.6 is 0 Å². The van der Waals surface area contributed by atoms with Gasteiger partial charge in [0, 0.05) is 27.1 Å². The van der Waals surface area contributed by atoms with Gasteiger partial charge in [0.05, 0.1) is 16.7 Å². The normalized spacial score (nSPS) is 12.3. The summed E-state index contributed by atoms with van der Waals surface area (Å²) in [7, 11) is 0. The van der Waals surface area contributed by atoms with Crippen LogP contribution in [0.15, 0.2) is 144 Å². The minimum absolute atomic E-state index is 0.922. The van der Waals surface area contributed by atoms with Gasteiger partial charge in [0.15, 0.2) is 0 Å². The van der Waals surface area contributed by atoms with Crippen LogP contribution < -0.4 is 0 Å². The predicted octanol–water partition coefficient (Wildman–Crippen LogP) is 11.2. The van der Waals surface area contributed by atoms with E-state index in [1.165, 1.54) is 77.0 Å². The summed E-state index contributed by atoms with van der Waals surface area (Å²) in [5.41, 5.74) is 13.1. The lowest BCUT2D eigenvalue weighted by Gasteiger charge is -2.16. The van der Waals surface area contributed by atoms with Crippen molar-refractivity contribution in [1.29, 1.82) is 0 Å². The highest BCUT2D eigenvalue weighted by Crippen LogP contribution is 2.50. The fourth-order valence-electron chi connectivity index (χ4n) is 7.47. The summed E-state index contributed by atoms with van der Waals surface area (Å²) in [5, 5.41) is 7.44. The van der Waals surface area contributed by atoms with E-state index in [9.17, 15) is 0 Å². The predicted molar refractivity (Wildman–Crippen MR) is 175 cm³/mol. The van der Waals surface area contributed by atoms with Gasteiger partial charge in [-0.25, -0.2) is 0 Å². The Morgan fingerprint density at radius 2 is 0.976 bits per heavy atom. The molecule has 0 amide bonds. The molecule has 2 heterocycles. The van der Waals surface area contributed by atoms with Crippen LogP contribution in [0.1, 0.15) is 0 Å². The number of aromatic nitrogens is 1. The van der Waals surface area contributed by atoms with Crippen LogP contribution in [-0.4, -0.2) is 4.57 Å². The molecule has 0 saturated carbocycles.